The van der Waals surface area contributed by atoms with Crippen molar-refractivity contribution in [2.75, 3.05) is 20.8 Å². The Kier molecular flexibility index (Phi) is 6.85. The van der Waals surface area contributed by atoms with Crippen LogP contribution < -0.4 is 15.8 Å². The Balaban J connectivity index is 2.63. The summed E-state index contributed by atoms with van der Waals surface area (Å²) < 4.78 is 9.60. The van der Waals surface area contributed by atoms with Crippen LogP contribution in [0.4, 0.5) is 9.59 Å². The summed E-state index contributed by atoms with van der Waals surface area (Å²) >= 11 is 0. The number of nitrogens with two attached hydrogens (primary N) is 1. The second-order valence-electron chi connectivity index (χ2n) is 4.88. The zero-order valence-electron chi connectivity index (χ0n) is 13.4. The highest BCUT2D eigenvalue weighted by Gasteiger charge is 2.25. The first-order valence-corrected chi connectivity index (χ1v) is 6.94. The van der Waals surface area contributed by atoms with Gasteiger partial charge < -0.3 is 20.5 Å². The number of rotatable bonds is 6. The number of hydrogen-bond acceptors (Lipinski definition) is 5. The molecule has 0 spiro atoms. The van der Waals surface area contributed by atoms with Crippen molar-refractivity contribution in [3.63, 3.8) is 0 Å². The lowest BCUT2D eigenvalue weighted by molar-refractivity contribution is -0.144. The predicted octanol–water partition coefficient (Wildman–Crippen LogP) is 1.09. The Morgan fingerprint density at radius 3 is 2.30 bits per heavy atom. The molecule has 3 N–H and O–H groups in total. The van der Waals surface area contributed by atoms with Gasteiger partial charge in [-0.05, 0) is 17.7 Å². The number of ether oxygens (including phenoxy) is 2. The first kappa shape index (κ1) is 18.3. The summed E-state index contributed by atoms with van der Waals surface area (Å²) in [5.41, 5.74) is 6.02. The molecular formula is C15H21N3O5. The highest BCUT2D eigenvalue weighted by atomic mass is 16.5. The molecule has 0 aliphatic carbocycles. The predicted molar refractivity (Wildman–Crippen MR) is 82.7 cm³/mol. The monoisotopic (exact) mass is 323 g/mol. The van der Waals surface area contributed by atoms with Crippen molar-refractivity contribution in [3.05, 3.63) is 29.8 Å². The van der Waals surface area contributed by atoms with Crippen molar-refractivity contribution in [3.8, 4) is 5.75 Å². The van der Waals surface area contributed by atoms with Crippen LogP contribution in [0.25, 0.3) is 0 Å². The van der Waals surface area contributed by atoms with Crippen molar-refractivity contribution < 1.29 is 23.9 Å². The summed E-state index contributed by atoms with van der Waals surface area (Å²) in [6.07, 6.45) is 0. The molecule has 0 aliphatic rings. The van der Waals surface area contributed by atoms with Gasteiger partial charge in [-0.1, -0.05) is 19.1 Å². The molecule has 0 aliphatic heterocycles. The number of amides is 4. The maximum Gasteiger partial charge on any atom is 0.325 e. The third-order valence-corrected chi connectivity index (χ3v) is 3.17. The average Bonchev–Trinajstić information content (AvgIpc) is 2.56. The number of benzene rings is 1. The SMILES string of the molecule is COC(=O)[C@@H](C)CN(C(N)=O)C(=O)NCc1ccc(OC)cc1. The van der Waals surface area contributed by atoms with Crippen molar-refractivity contribution in [2.45, 2.75) is 13.5 Å². The standard InChI is InChI=1S/C15H21N3O5/c1-10(13(19)23-3)9-18(14(16)20)15(21)17-8-11-4-6-12(22-2)7-5-11/h4-7,10H,8-9H2,1-3H3,(H2,16,20)(H,17,21)/t10-/m0/s1. The molecule has 0 bridgehead atoms. The van der Waals surface area contributed by atoms with Gasteiger partial charge in [0.1, 0.15) is 5.75 Å². The highest BCUT2D eigenvalue weighted by molar-refractivity contribution is 5.93. The number of nitrogens with one attached hydrogen (secondary N) is 1. The van der Waals surface area contributed by atoms with Crippen LogP contribution in [0.2, 0.25) is 0 Å². The van der Waals surface area contributed by atoms with Gasteiger partial charge in [0.15, 0.2) is 0 Å². The van der Waals surface area contributed by atoms with E-state index >= 15 is 0 Å². The molecule has 1 rings (SSSR count). The minimum absolute atomic E-state index is 0.156. The first-order valence-electron chi connectivity index (χ1n) is 6.94. The Hall–Kier alpha value is -2.77. The van der Waals surface area contributed by atoms with Crippen molar-refractivity contribution in [1.82, 2.24) is 10.2 Å². The largest absolute Gasteiger partial charge is 0.497 e. The maximum atomic E-state index is 12.1. The fourth-order valence-corrected chi connectivity index (χ4v) is 1.84. The lowest BCUT2D eigenvalue weighted by Crippen LogP contribution is -2.49. The van der Waals surface area contributed by atoms with Crippen LogP contribution in [0.1, 0.15) is 12.5 Å². The van der Waals surface area contributed by atoms with Gasteiger partial charge in [-0.3, -0.25) is 4.79 Å². The Morgan fingerprint density at radius 1 is 1.22 bits per heavy atom. The molecular weight excluding hydrogens is 302 g/mol. The van der Waals surface area contributed by atoms with E-state index in [4.69, 9.17) is 10.5 Å². The van der Waals surface area contributed by atoms with Gasteiger partial charge in [0, 0.05) is 13.1 Å². The van der Waals surface area contributed by atoms with Gasteiger partial charge in [-0.25, -0.2) is 14.5 Å². The van der Waals surface area contributed by atoms with Gasteiger partial charge >= 0.3 is 18.0 Å². The van der Waals surface area contributed by atoms with E-state index in [2.05, 4.69) is 10.1 Å². The fourth-order valence-electron chi connectivity index (χ4n) is 1.84. The van der Waals surface area contributed by atoms with E-state index in [1.54, 1.807) is 38.3 Å². The van der Waals surface area contributed by atoms with Crippen LogP contribution in [-0.2, 0) is 16.1 Å². The Labute approximate surface area is 134 Å². The zero-order chi connectivity index (χ0) is 17.4. The van der Waals surface area contributed by atoms with E-state index in [9.17, 15) is 14.4 Å². The number of carbonyl (C=O) groups is 3. The van der Waals surface area contributed by atoms with Crippen LogP contribution in [0, 0.1) is 5.92 Å². The van der Waals surface area contributed by atoms with Gasteiger partial charge in [0.05, 0.1) is 20.1 Å². The molecule has 4 amide bonds. The van der Waals surface area contributed by atoms with E-state index in [1.165, 1.54) is 7.11 Å². The molecule has 126 valence electrons. The summed E-state index contributed by atoms with van der Waals surface area (Å²) in [4.78, 5) is 35.6. The van der Waals surface area contributed by atoms with E-state index < -0.39 is 23.9 Å². The highest BCUT2D eigenvalue weighted by Crippen LogP contribution is 2.11. The molecule has 0 aromatic heterocycles. The lowest BCUT2D eigenvalue weighted by Gasteiger charge is -2.21. The normalized spacial score (nSPS) is 11.3. The topological polar surface area (TPSA) is 111 Å². The molecule has 0 fully saturated rings. The van der Waals surface area contributed by atoms with E-state index in [-0.39, 0.29) is 13.1 Å². The second-order valence-corrected chi connectivity index (χ2v) is 4.88. The number of methoxy groups -OCH3 is 2. The number of urea groups is 2. The third kappa shape index (κ3) is 5.50. The van der Waals surface area contributed by atoms with Gasteiger partial charge in [0.25, 0.3) is 0 Å². The van der Waals surface area contributed by atoms with Gasteiger partial charge in [-0.2, -0.15) is 0 Å². The maximum absolute atomic E-state index is 12.1. The third-order valence-electron chi connectivity index (χ3n) is 3.17. The molecule has 0 heterocycles. The number of carbonyl (C=O) groups excluding carboxylic acids is 3. The molecule has 0 saturated heterocycles. The molecule has 23 heavy (non-hydrogen) atoms. The molecule has 1 aromatic rings. The summed E-state index contributed by atoms with van der Waals surface area (Å²) in [6, 6.07) is 5.46. The molecule has 1 aromatic carbocycles. The summed E-state index contributed by atoms with van der Waals surface area (Å²) in [5, 5.41) is 2.57. The smallest absolute Gasteiger partial charge is 0.325 e. The van der Waals surface area contributed by atoms with Crippen molar-refractivity contribution in [1.29, 1.82) is 0 Å². The van der Waals surface area contributed by atoms with Crippen LogP contribution in [0.5, 0.6) is 5.75 Å². The Morgan fingerprint density at radius 2 is 1.83 bits per heavy atom. The molecule has 8 heteroatoms. The molecule has 8 nitrogen and oxygen atoms in total. The molecule has 0 unspecified atom stereocenters. The summed E-state index contributed by atoms with van der Waals surface area (Å²) in [5.74, 6) is -0.496. The van der Waals surface area contributed by atoms with Crippen molar-refractivity contribution in [2.24, 2.45) is 11.7 Å². The quantitative estimate of drug-likeness (QED) is 0.761. The number of hydrogen-bond donors (Lipinski definition) is 2. The van der Waals surface area contributed by atoms with E-state index in [1.807, 2.05) is 0 Å². The van der Waals surface area contributed by atoms with Crippen molar-refractivity contribution >= 4 is 18.0 Å². The summed E-state index contributed by atoms with van der Waals surface area (Å²) in [7, 11) is 2.79. The van der Waals surface area contributed by atoms with Gasteiger partial charge in [0.2, 0.25) is 0 Å². The lowest BCUT2D eigenvalue weighted by atomic mass is 10.2. The molecule has 1 atom stereocenters. The number of imide groups is 1. The van der Waals surface area contributed by atoms with Crippen LogP contribution >= 0.6 is 0 Å². The van der Waals surface area contributed by atoms with Crippen LogP contribution in [0.15, 0.2) is 24.3 Å². The second kappa shape index (κ2) is 8.62. The fraction of sp³-hybridized carbons (Fsp3) is 0.400. The summed E-state index contributed by atoms with van der Waals surface area (Å²) in [6.45, 7) is 1.59. The first-order chi connectivity index (χ1) is 10.9. The minimum Gasteiger partial charge on any atom is -0.497 e. The number of primary amides is 1. The van der Waals surface area contributed by atoms with Crippen LogP contribution in [-0.4, -0.2) is 43.7 Å². The molecule has 0 saturated carbocycles. The zero-order valence-corrected chi connectivity index (χ0v) is 13.4. The number of nitrogens with zero attached hydrogens (tertiary/aromatic N) is 1. The minimum atomic E-state index is -0.937. The Bertz CT molecular complexity index is 559. The van der Waals surface area contributed by atoms with Gasteiger partial charge in [-0.15, -0.1) is 0 Å². The average molecular weight is 323 g/mol. The number of esters is 1. The van der Waals surface area contributed by atoms with E-state index in [0.29, 0.717) is 5.75 Å². The van der Waals surface area contributed by atoms with E-state index in [0.717, 1.165) is 10.5 Å². The van der Waals surface area contributed by atoms with Crippen LogP contribution in [0.3, 0.4) is 0 Å². The molecule has 0 radical (unpaired) electrons.